The van der Waals surface area contributed by atoms with Crippen molar-refractivity contribution in [3.63, 3.8) is 0 Å². The number of furan rings is 1. The van der Waals surface area contributed by atoms with E-state index >= 15 is 0 Å². The van der Waals surface area contributed by atoms with Crippen molar-refractivity contribution in [1.29, 1.82) is 0 Å². The van der Waals surface area contributed by atoms with Gasteiger partial charge in [-0.25, -0.2) is 4.79 Å². The summed E-state index contributed by atoms with van der Waals surface area (Å²) in [6.45, 7) is 0. The van der Waals surface area contributed by atoms with Crippen LogP contribution in [0.2, 0.25) is 0 Å². The molecule has 0 fully saturated rings. The number of nitrogens with zero attached hydrogens (tertiary/aromatic N) is 2. The summed E-state index contributed by atoms with van der Waals surface area (Å²) in [5.74, 6) is -1.08. The summed E-state index contributed by atoms with van der Waals surface area (Å²) in [5, 5.41) is 12.2. The Morgan fingerprint density at radius 3 is 3.08 bits per heavy atom. The molecule has 0 unspecified atom stereocenters. The van der Waals surface area contributed by atoms with Crippen molar-refractivity contribution < 1.29 is 14.3 Å². The van der Waals surface area contributed by atoms with Crippen LogP contribution in [0, 0.1) is 0 Å². The molecule has 0 aliphatic heterocycles. The number of aromatic nitrogens is 2. The van der Waals surface area contributed by atoms with Gasteiger partial charge in [-0.15, -0.1) is 5.10 Å². The minimum absolute atomic E-state index is 0.0357. The molecule has 2 aromatic rings. The first kappa shape index (κ1) is 7.93. The van der Waals surface area contributed by atoms with E-state index < -0.39 is 5.97 Å². The van der Waals surface area contributed by atoms with Crippen LogP contribution in [-0.4, -0.2) is 20.7 Å². The third-order valence-electron chi connectivity index (χ3n) is 1.47. The number of hydrogen-bond donors (Lipinski definition) is 1. The first-order chi connectivity index (χ1) is 6.29. The average molecular weight is 196 g/mol. The maximum Gasteiger partial charge on any atom is 0.358 e. The Kier molecular flexibility index (Phi) is 1.82. The van der Waals surface area contributed by atoms with Crippen molar-refractivity contribution in [2.24, 2.45) is 0 Å². The predicted octanol–water partition coefficient (Wildman–Crippen LogP) is 1.50. The monoisotopic (exact) mass is 196 g/mol. The van der Waals surface area contributed by atoms with Crippen LogP contribution in [0.4, 0.5) is 0 Å². The summed E-state index contributed by atoms with van der Waals surface area (Å²) >= 11 is 1.03. The molecular formula is C7H4N2O3S. The number of hydrogen-bond acceptors (Lipinski definition) is 5. The molecule has 13 heavy (non-hydrogen) atoms. The Hall–Kier alpha value is -1.69. The molecule has 0 saturated heterocycles. The van der Waals surface area contributed by atoms with Crippen molar-refractivity contribution in [2.45, 2.75) is 0 Å². The zero-order chi connectivity index (χ0) is 9.26. The SMILES string of the molecule is O=C(O)c1nnsc1-c1ccoc1. The maximum absolute atomic E-state index is 10.7. The predicted molar refractivity (Wildman–Crippen MR) is 44.6 cm³/mol. The lowest BCUT2D eigenvalue weighted by atomic mass is 10.2. The van der Waals surface area contributed by atoms with Crippen molar-refractivity contribution >= 4 is 17.5 Å². The van der Waals surface area contributed by atoms with E-state index in [1.807, 2.05) is 0 Å². The molecule has 0 amide bonds. The molecule has 0 aliphatic rings. The van der Waals surface area contributed by atoms with Gasteiger partial charge in [-0.1, -0.05) is 4.49 Å². The minimum Gasteiger partial charge on any atom is -0.476 e. The summed E-state index contributed by atoms with van der Waals surface area (Å²) in [6, 6.07) is 1.67. The molecule has 0 bridgehead atoms. The van der Waals surface area contributed by atoms with Gasteiger partial charge >= 0.3 is 5.97 Å². The smallest absolute Gasteiger partial charge is 0.358 e. The highest BCUT2D eigenvalue weighted by atomic mass is 32.1. The van der Waals surface area contributed by atoms with Gasteiger partial charge in [0, 0.05) is 5.56 Å². The van der Waals surface area contributed by atoms with E-state index in [1.165, 1.54) is 12.5 Å². The molecule has 0 aliphatic carbocycles. The summed E-state index contributed by atoms with van der Waals surface area (Å²) in [5.41, 5.74) is 0.652. The third-order valence-corrected chi connectivity index (χ3v) is 2.25. The van der Waals surface area contributed by atoms with Crippen LogP contribution in [0.25, 0.3) is 10.4 Å². The molecule has 2 heterocycles. The number of aromatic carboxylic acids is 1. The molecule has 66 valence electrons. The van der Waals surface area contributed by atoms with Gasteiger partial charge in [0.2, 0.25) is 0 Å². The highest BCUT2D eigenvalue weighted by molar-refractivity contribution is 7.09. The van der Waals surface area contributed by atoms with E-state index in [0.717, 1.165) is 11.5 Å². The van der Waals surface area contributed by atoms with Crippen molar-refractivity contribution in [3.8, 4) is 10.4 Å². The quantitative estimate of drug-likeness (QED) is 0.787. The van der Waals surface area contributed by atoms with E-state index in [2.05, 4.69) is 9.59 Å². The molecule has 0 saturated carbocycles. The molecule has 0 atom stereocenters. The van der Waals surface area contributed by atoms with Crippen LogP contribution in [0.5, 0.6) is 0 Å². The number of carboxylic acids is 1. The second-order valence-electron chi connectivity index (χ2n) is 2.27. The Balaban J connectivity index is 2.52. The summed E-state index contributed by atoms with van der Waals surface area (Å²) in [6.07, 6.45) is 2.93. The lowest BCUT2D eigenvalue weighted by Gasteiger charge is -1.89. The van der Waals surface area contributed by atoms with Crippen LogP contribution in [0.3, 0.4) is 0 Å². The molecule has 2 aromatic heterocycles. The zero-order valence-corrected chi connectivity index (χ0v) is 7.11. The number of carbonyl (C=O) groups is 1. The van der Waals surface area contributed by atoms with Crippen molar-refractivity contribution in [2.75, 3.05) is 0 Å². The van der Waals surface area contributed by atoms with Gasteiger partial charge in [0.05, 0.1) is 17.4 Å². The Labute approximate surface area is 76.8 Å². The Bertz CT molecular complexity index is 421. The Morgan fingerprint density at radius 2 is 2.46 bits per heavy atom. The average Bonchev–Trinajstić information content (AvgIpc) is 2.74. The van der Waals surface area contributed by atoms with E-state index in [9.17, 15) is 4.79 Å². The van der Waals surface area contributed by atoms with Crippen LogP contribution >= 0.6 is 11.5 Å². The van der Waals surface area contributed by atoms with Crippen LogP contribution < -0.4 is 0 Å². The van der Waals surface area contributed by atoms with Crippen LogP contribution in [-0.2, 0) is 0 Å². The molecule has 6 heteroatoms. The number of rotatable bonds is 2. The first-order valence-corrected chi connectivity index (χ1v) is 4.14. The van der Waals surface area contributed by atoms with E-state index in [1.54, 1.807) is 6.07 Å². The molecule has 0 radical (unpaired) electrons. The van der Waals surface area contributed by atoms with Crippen molar-refractivity contribution in [1.82, 2.24) is 9.59 Å². The largest absolute Gasteiger partial charge is 0.476 e. The molecular weight excluding hydrogens is 192 g/mol. The summed E-state index contributed by atoms with van der Waals surface area (Å²) in [7, 11) is 0. The highest BCUT2D eigenvalue weighted by Crippen LogP contribution is 2.25. The second kappa shape index (κ2) is 2.98. The molecule has 0 spiro atoms. The van der Waals surface area contributed by atoms with E-state index in [4.69, 9.17) is 9.52 Å². The highest BCUT2D eigenvalue weighted by Gasteiger charge is 2.17. The van der Waals surface area contributed by atoms with Gasteiger partial charge in [-0.05, 0) is 17.6 Å². The second-order valence-corrected chi connectivity index (χ2v) is 3.02. The molecule has 0 aromatic carbocycles. The standard InChI is InChI=1S/C7H4N2O3S/c10-7(11)5-6(13-9-8-5)4-1-2-12-3-4/h1-3H,(H,10,11). The van der Waals surface area contributed by atoms with Gasteiger partial charge in [0.15, 0.2) is 5.69 Å². The molecule has 2 rings (SSSR count). The minimum atomic E-state index is -1.08. The lowest BCUT2D eigenvalue weighted by molar-refractivity contribution is 0.0691. The van der Waals surface area contributed by atoms with E-state index in [0.29, 0.717) is 10.4 Å². The fourth-order valence-electron chi connectivity index (χ4n) is 0.914. The topological polar surface area (TPSA) is 76.2 Å². The maximum atomic E-state index is 10.7. The normalized spacial score (nSPS) is 10.2. The van der Waals surface area contributed by atoms with Gasteiger partial charge in [0.1, 0.15) is 0 Å². The fraction of sp³-hybridized carbons (Fsp3) is 0. The molecule has 1 N–H and O–H groups in total. The lowest BCUT2D eigenvalue weighted by Crippen LogP contribution is -1.98. The van der Waals surface area contributed by atoms with Crippen LogP contribution in [0.15, 0.2) is 23.0 Å². The first-order valence-electron chi connectivity index (χ1n) is 3.37. The van der Waals surface area contributed by atoms with Gasteiger partial charge in [-0.3, -0.25) is 0 Å². The molecule has 5 nitrogen and oxygen atoms in total. The Morgan fingerprint density at radius 1 is 1.62 bits per heavy atom. The summed E-state index contributed by atoms with van der Waals surface area (Å²) in [4.78, 5) is 11.2. The van der Waals surface area contributed by atoms with Crippen LogP contribution in [0.1, 0.15) is 10.5 Å². The van der Waals surface area contributed by atoms with Crippen molar-refractivity contribution in [3.05, 3.63) is 24.3 Å². The van der Waals surface area contributed by atoms with E-state index in [-0.39, 0.29) is 5.69 Å². The zero-order valence-electron chi connectivity index (χ0n) is 6.30. The fourth-order valence-corrected chi connectivity index (χ4v) is 1.55. The van der Waals surface area contributed by atoms with Gasteiger partial charge in [-0.2, -0.15) is 0 Å². The number of carboxylic acid groups (broad SMARTS) is 1. The third kappa shape index (κ3) is 1.31. The summed E-state index contributed by atoms with van der Waals surface area (Å²) < 4.78 is 8.40. The van der Waals surface area contributed by atoms with Gasteiger partial charge in [0.25, 0.3) is 0 Å². The van der Waals surface area contributed by atoms with Gasteiger partial charge < -0.3 is 9.52 Å².